The van der Waals surface area contributed by atoms with E-state index in [9.17, 15) is 18.0 Å². The first-order chi connectivity index (χ1) is 12.4. The number of methoxy groups -OCH3 is 1. The molecule has 1 aromatic carbocycles. The molecule has 4 nitrogen and oxygen atoms in total. The van der Waals surface area contributed by atoms with E-state index in [-0.39, 0.29) is 11.9 Å². The Hall–Kier alpha value is -2.02. The molecule has 0 spiro atoms. The van der Waals surface area contributed by atoms with E-state index in [0.717, 1.165) is 36.7 Å². The van der Waals surface area contributed by atoms with Gasteiger partial charge in [-0.2, -0.15) is 13.2 Å². The molecule has 7 heteroatoms. The zero-order valence-electron chi connectivity index (χ0n) is 14.7. The van der Waals surface area contributed by atoms with Crippen molar-refractivity contribution in [1.29, 1.82) is 0 Å². The molecule has 0 aromatic heterocycles. The average Bonchev–Trinajstić information content (AvgIpc) is 2.67. The monoisotopic (exact) mass is 368 g/mol. The highest BCUT2D eigenvalue weighted by atomic mass is 19.4. The summed E-state index contributed by atoms with van der Waals surface area (Å²) in [4.78, 5) is 13.7. The summed E-state index contributed by atoms with van der Waals surface area (Å²) < 4.78 is 44.4. The van der Waals surface area contributed by atoms with Gasteiger partial charge >= 0.3 is 12.1 Å². The molecule has 1 aromatic rings. The van der Waals surface area contributed by atoms with E-state index in [1.165, 1.54) is 13.2 Å². The van der Waals surface area contributed by atoms with Crippen molar-refractivity contribution < 1.29 is 22.7 Å². The Balaban J connectivity index is 1.90. The minimum atomic E-state index is -4.37. The number of nitrogens with one attached hydrogen (secondary N) is 1. The third-order valence-electron chi connectivity index (χ3n) is 5.11. The number of benzene rings is 1. The quantitative estimate of drug-likeness (QED) is 0.830. The molecule has 1 fully saturated rings. The van der Waals surface area contributed by atoms with Crippen LogP contribution in [0, 0.1) is 5.92 Å². The summed E-state index contributed by atoms with van der Waals surface area (Å²) in [7, 11) is 1.36. The Kier molecular flexibility index (Phi) is 5.55. The zero-order valence-corrected chi connectivity index (χ0v) is 14.7. The summed E-state index contributed by atoms with van der Waals surface area (Å²) >= 11 is 0. The van der Waals surface area contributed by atoms with Crippen molar-refractivity contribution in [1.82, 2.24) is 5.32 Å². The predicted molar refractivity (Wildman–Crippen MR) is 93.9 cm³/mol. The molecule has 0 radical (unpaired) electrons. The SMILES string of the molecule is COC(=O)C1CCN(c2cc(C(F)(F)F)ccc2C2=CCNCC2)CC1. The van der Waals surface area contributed by atoms with Gasteiger partial charge in [0.05, 0.1) is 18.6 Å². The van der Waals surface area contributed by atoms with Crippen molar-refractivity contribution in [2.24, 2.45) is 5.92 Å². The second kappa shape index (κ2) is 7.70. The smallest absolute Gasteiger partial charge is 0.416 e. The number of anilines is 1. The van der Waals surface area contributed by atoms with Crippen LogP contribution in [-0.4, -0.2) is 39.3 Å². The zero-order chi connectivity index (χ0) is 18.7. The Morgan fingerprint density at radius 2 is 2.00 bits per heavy atom. The molecule has 0 bridgehead atoms. The van der Waals surface area contributed by atoms with Crippen molar-refractivity contribution in [3.05, 3.63) is 35.4 Å². The molecule has 2 aliphatic heterocycles. The number of hydrogen-bond donors (Lipinski definition) is 1. The number of piperidine rings is 1. The maximum absolute atomic E-state index is 13.2. The van der Waals surface area contributed by atoms with Crippen molar-refractivity contribution in [3.8, 4) is 0 Å². The molecule has 0 atom stereocenters. The van der Waals surface area contributed by atoms with Gasteiger partial charge in [-0.05, 0) is 43.5 Å². The lowest BCUT2D eigenvalue weighted by molar-refractivity contribution is -0.146. The van der Waals surface area contributed by atoms with Crippen LogP contribution in [0.1, 0.15) is 30.4 Å². The van der Waals surface area contributed by atoms with E-state index in [2.05, 4.69) is 5.32 Å². The highest BCUT2D eigenvalue weighted by Crippen LogP contribution is 2.38. The number of carbonyl (C=O) groups is 1. The van der Waals surface area contributed by atoms with E-state index >= 15 is 0 Å². The molecule has 0 amide bonds. The number of halogens is 3. The second-order valence-electron chi connectivity index (χ2n) is 6.70. The van der Waals surface area contributed by atoms with Gasteiger partial charge < -0.3 is 15.0 Å². The molecule has 3 rings (SSSR count). The van der Waals surface area contributed by atoms with E-state index in [0.29, 0.717) is 31.6 Å². The molecule has 1 saturated heterocycles. The van der Waals surface area contributed by atoms with Gasteiger partial charge in [0.1, 0.15) is 0 Å². The van der Waals surface area contributed by atoms with Gasteiger partial charge in [0, 0.05) is 30.9 Å². The van der Waals surface area contributed by atoms with Crippen LogP contribution >= 0.6 is 0 Å². The number of nitrogens with zero attached hydrogens (tertiary/aromatic N) is 1. The number of ether oxygens (including phenoxy) is 1. The normalized spacial score (nSPS) is 19.2. The minimum absolute atomic E-state index is 0.177. The van der Waals surface area contributed by atoms with Crippen LogP contribution in [0.15, 0.2) is 24.3 Å². The van der Waals surface area contributed by atoms with Gasteiger partial charge in [-0.3, -0.25) is 4.79 Å². The standard InChI is InChI=1S/C19H23F3N2O2/c1-26-18(25)14-6-10-24(11-7-14)17-12-15(19(20,21)22)2-3-16(17)13-4-8-23-9-5-13/h2-4,12,14,23H,5-11H2,1H3. The van der Waals surface area contributed by atoms with E-state index in [1.54, 1.807) is 6.07 Å². The van der Waals surface area contributed by atoms with Gasteiger partial charge in [-0.1, -0.05) is 12.1 Å². The third kappa shape index (κ3) is 4.03. The summed E-state index contributed by atoms with van der Waals surface area (Å²) in [6.45, 7) is 2.62. The van der Waals surface area contributed by atoms with Gasteiger partial charge in [0.2, 0.25) is 0 Å². The highest BCUT2D eigenvalue weighted by molar-refractivity contribution is 5.79. The Morgan fingerprint density at radius 1 is 1.27 bits per heavy atom. The molecular weight excluding hydrogens is 345 g/mol. The predicted octanol–water partition coefficient (Wildman–Crippen LogP) is 3.47. The van der Waals surface area contributed by atoms with Gasteiger partial charge in [0.15, 0.2) is 0 Å². The van der Waals surface area contributed by atoms with Crippen molar-refractivity contribution in [3.63, 3.8) is 0 Å². The van der Waals surface area contributed by atoms with Crippen molar-refractivity contribution in [2.45, 2.75) is 25.4 Å². The topological polar surface area (TPSA) is 41.6 Å². The molecule has 0 aliphatic carbocycles. The number of esters is 1. The fraction of sp³-hybridized carbons (Fsp3) is 0.526. The number of hydrogen-bond acceptors (Lipinski definition) is 4. The first-order valence-electron chi connectivity index (χ1n) is 8.84. The summed E-state index contributed by atoms with van der Waals surface area (Å²) in [6, 6.07) is 3.99. The third-order valence-corrected chi connectivity index (χ3v) is 5.11. The second-order valence-corrected chi connectivity index (χ2v) is 6.70. The highest BCUT2D eigenvalue weighted by Gasteiger charge is 2.33. The maximum atomic E-state index is 13.2. The fourth-order valence-corrected chi connectivity index (χ4v) is 3.63. The van der Waals surface area contributed by atoms with Crippen molar-refractivity contribution in [2.75, 3.05) is 38.2 Å². The average molecular weight is 368 g/mol. The molecule has 142 valence electrons. The van der Waals surface area contributed by atoms with Crippen LogP contribution in [0.5, 0.6) is 0 Å². The number of alkyl halides is 3. The maximum Gasteiger partial charge on any atom is 0.416 e. The summed E-state index contributed by atoms with van der Waals surface area (Å²) in [5, 5.41) is 3.22. The van der Waals surface area contributed by atoms with Crippen LogP contribution in [0.25, 0.3) is 5.57 Å². The Morgan fingerprint density at radius 3 is 2.58 bits per heavy atom. The largest absolute Gasteiger partial charge is 0.469 e. The fourth-order valence-electron chi connectivity index (χ4n) is 3.63. The van der Waals surface area contributed by atoms with E-state index in [1.807, 2.05) is 11.0 Å². The van der Waals surface area contributed by atoms with Gasteiger partial charge in [-0.25, -0.2) is 0 Å². The Labute approximate surface area is 151 Å². The van der Waals surface area contributed by atoms with Crippen LogP contribution in [0.2, 0.25) is 0 Å². The minimum Gasteiger partial charge on any atom is -0.469 e. The molecule has 0 saturated carbocycles. The lowest BCUT2D eigenvalue weighted by atomic mass is 9.93. The van der Waals surface area contributed by atoms with Gasteiger partial charge in [0.25, 0.3) is 0 Å². The molecule has 26 heavy (non-hydrogen) atoms. The summed E-state index contributed by atoms with van der Waals surface area (Å²) in [5.41, 5.74) is 1.90. The summed E-state index contributed by atoms with van der Waals surface area (Å²) in [5.74, 6) is -0.418. The summed E-state index contributed by atoms with van der Waals surface area (Å²) in [6.07, 6.45) is -0.375. The molecule has 2 heterocycles. The first kappa shape index (κ1) is 18.8. The molecule has 0 unspecified atom stereocenters. The van der Waals surface area contributed by atoms with Gasteiger partial charge in [-0.15, -0.1) is 0 Å². The Bertz CT molecular complexity index is 693. The lowest BCUT2D eigenvalue weighted by Gasteiger charge is -2.34. The molecule has 2 aliphatic rings. The molecule has 1 N–H and O–H groups in total. The lowest BCUT2D eigenvalue weighted by Crippen LogP contribution is -2.37. The van der Waals surface area contributed by atoms with E-state index < -0.39 is 11.7 Å². The van der Waals surface area contributed by atoms with Crippen LogP contribution < -0.4 is 10.2 Å². The van der Waals surface area contributed by atoms with Crippen molar-refractivity contribution >= 4 is 17.2 Å². The van der Waals surface area contributed by atoms with Crippen LogP contribution in [-0.2, 0) is 15.7 Å². The number of rotatable bonds is 3. The molecular formula is C19H23F3N2O2. The van der Waals surface area contributed by atoms with Crippen LogP contribution in [0.3, 0.4) is 0 Å². The number of carbonyl (C=O) groups excluding carboxylic acids is 1. The van der Waals surface area contributed by atoms with E-state index in [4.69, 9.17) is 4.74 Å². The first-order valence-corrected chi connectivity index (χ1v) is 8.84. The van der Waals surface area contributed by atoms with Crippen LogP contribution in [0.4, 0.5) is 18.9 Å².